The summed E-state index contributed by atoms with van der Waals surface area (Å²) in [7, 11) is -2.15. The van der Waals surface area contributed by atoms with Crippen LogP contribution in [0.4, 0.5) is 4.79 Å². The maximum Gasteiger partial charge on any atom is 0.408 e. The average Bonchev–Trinajstić information content (AvgIpc) is 2.61. The molecule has 0 bridgehead atoms. The Balaban J connectivity index is 3.01. The van der Waals surface area contributed by atoms with E-state index in [1.807, 2.05) is 0 Å². The van der Waals surface area contributed by atoms with Crippen LogP contribution >= 0.6 is 0 Å². The Morgan fingerprint density at radius 1 is 1.07 bits per heavy atom. The molecule has 8 heteroatoms. The predicted octanol–water partition coefficient (Wildman–Crippen LogP) is 4.12. The number of ether oxygens (including phenoxy) is 2. The maximum atomic E-state index is 12.6. The van der Waals surface area contributed by atoms with Crippen LogP contribution < -0.4 is 5.32 Å². The monoisotopic (exact) mass is 439 g/mol. The highest BCUT2D eigenvalue weighted by molar-refractivity contribution is 6.74. The standard InChI is InChI=1S/C22H37NO6Si/c1-21(2,3)29-20(26)23-17(14-24)18(15-27-30(7,8)22(4,5)6)28-19(25)16-12-10-9-11-13-16/h9-13,17-18,24H,14-15H2,1-8H3,(H,23,26)/t17-,18-/m0/s1. The molecule has 1 aromatic carbocycles. The number of aliphatic hydroxyl groups excluding tert-OH is 1. The number of carbonyl (C=O) groups is 2. The van der Waals surface area contributed by atoms with E-state index in [0.29, 0.717) is 5.56 Å². The number of hydrogen-bond acceptors (Lipinski definition) is 6. The van der Waals surface area contributed by atoms with Crippen LogP contribution in [0, 0.1) is 0 Å². The number of alkyl carbamates (subject to hydrolysis) is 1. The van der Waals surface area contributed by atoms with Crippen molar-refractivity contribution in [2.24, 2.45) is 0 Å². The summed E-state index contributed by atoms with van der Waals surface area (Å²) in [5.41, 5.74) is -0.318. The van der Waals surface area contributed by atoms with E-state index in [4.69, 9.17) is 13.9 Å². The van der Waals surface area contributed by atoms with Crippen LogP contribution in [0.25, 0.3) is 0 Å². The normalized spacial score (nSPS) is 14.6. The van der Waals surface area contributed by atoms with Crippen LogP contribution in [-0.2, 0) is 13.9 Å². The molecule has 0 saturated heterocycles. The van der Waals surface area contributed by atoms with E-state index in [-0.39, 0.29) is 11.6 Å². The summed E-state index contributed by atoms with van der Waals surface area (Å²) < 4.78 is 17.1. The summed E-state index contributed by atoms with van der Waals surface area (Å²) in [6.07, 6.45) is -1.58. The molecule has 7 nitrogen and oxygen atoms in total. The first kappa shape index (κ1) is 26.1. The summed E-state index contributed by atoms with van der Waals surface area (Å²) >= 11 is 0. The van der Waals surface area contributed by atoms with E-state index >= 15 is 0 Å². The summed E-state index contributed by atoms with van der Waals surface area (Å²) in [5.74, 6) is -0.552. The Kier molecular flexibility index (Phi) is 9.07. The summed E-state index contributed by atoms with van der Waals surface area (Å²) in [4.78, 5) is 24.9. The van der Waals surface area contributed by atoms with Gasteiger partial charge >= 0.3 is 12.1 Å². The molecular weight excluding hydrogens is 402 g/mol. The van der Waals surface area contributed by atoms with Gasteiger partial charge in [-0.3, -0.25) is 0 Å². The number of esters is 1. The van der Waals surface area contributed by atoms with Gasteiger partial charge in [0.05, 0.1) is 24.8 Å². The van der Waals surface area contributed by atoms with Gasteiger partial charge in [0.1, 0.15) is 11.7 Å². The lowest BCUT2D eigenvalue weighted by Gasteiger charge is -2.38. The fraction of sp³-hybridized carbons (Fsp3) is 0.636. The molecule has 0 fully saturated rings. The molecule has 0 aliphatic carbocycles. The topological polar surface area (TPSA) is 94.1 Å². The minimum Gasteiger partial charge on any atom is -0.454 e. The molecule has 0 saturated carbocycles. The van der Waals surface area contributed by atoms with Crippen LogP contribution in [0.15, 0.2) is 30.3 Å². The molecule has 30 heavy (non-hydrogen) atoms. The second kappa shape index (κ2) is 10.4. The molecule has 0 radical (unpaired) electrons. The first-order chi connectivity index (χ1) is 13.7. The number of nitrogens with one attached hydrogen (secondary N) is 1. The fourth-order valence-corrected chi connectivity index (χ4v) is 3.25. The Bertz CT molecular complexity index is 694. The molecule has 0 spiro atoms. The zero-order valence-corrected chi connectivity index (χ0v) is 20.4. The smallest absolute Gasteiger partial charge is 0.408 e. The number of carbonyl (C=O) groups excluding carboxylic acids is 2. The molecule has 1 aromatic rings. The molecule has 1 rings (SSSR count). The van der Waals surface area contributed by atoms with E-state index in [1.165, 1.54) is 0 Å². The molecular formula is C22H37NO6Si. The van der Waals surface area contributed by atoms with Gasteiger partial charge in [-0.05, 0) is 51.0 Å². The van der Waals surface area contributed by atoms with E-state index < -0.39 is 44.7 Å². The van der Waals surface area contributed by atoms with E-state index in [9.17, 15) is 14.7 Å². The van der Waals surface area contributed by atoms with Gasteiger partial charge in [0.25, 0.3) is 0 Å². The third-order valence-electron chi connectivity index (χ3n) is 5.03. The predicted molar refractivity (Wildman–Crippen MR) is 119 cm³/mol. The van der Waals surface area contributed by atoms with Crippen molar-refractivity contribution in [1.29, 1.82) is 0 Å². The number of amides is 1. The van der Waals surface area contributed by atoms with E-state index in [2.05, 4.69) is 39.2 Å². The average molecular weight is 440 g/mol. The van der Waals surface area contributed by atoms with Crippen molar-refractivity contribution < 1.29 is 28.6 Å². The number of benzene rings is 1. The lowest BCUT2D eigenvalue weighted by molar-refractivity contribution is -0.00932. The van der Waals surface area contributed by atoms with Crippen LogP contribution in [0.1, 0.15) is 51.9 Å². The Labute approximate surface area is 181 Å². The number of hydrogen-bond donors (Lipinski definition) is 2. The van der Waals surface area contributed by atoms with Crippen LogP contribution in [0.5, 0.6) is 0 Å². The molecule has 2 N–H and O–H groups in total. The lowest BCUT2D eigenvalue weighted by Crippen LogP contribution is -2.52. The first-order valence-electron chi connectivity index (χ1n) is 10.2. The number of rotatable bonds is 8. The number of aliphatic hydroxyl groups is 1. The second-order valence-electron chi connectivity index (χ2n) is 9.82. The Hall–Kier alpha value is -1.90. The third-order valence-corrected chi connectivity index (χ3v) is 9.53. The van der Waals surface area contributed by atoms with E-state index in [0.717, 1.165) is 0 Å². The molecule has 0 heterocycles. The quantitative estimate of drug-likeness (QED) is 0.467. The van der Waals surface area contributed by atoms with Gasteiger partial charge in [-0.25, -0.2) is 9.59 Å². The summed E-state index contributed by atoms with van der Waals surface area (Å²) in [6, 6.07) is 7.68. The lowest BCUT2D eigenvalue weighted by atomic mass is 10.1. The second-order valence-corrected chi connectivity index (χ2v) is 14.6. The molecule has 0 aromatic heterocycles. The zero-order chi connectivity index (χ0) is 23.2. The highest BCUT2D eigenvalue weighted by Crippen LogP contribution is 2.36. The van der Waals surface area contributed by atoms with Crippen LogP contribution in [-0.4, -0.2) is 56.4 Å². The minimum absolute atomic E-state index is 0.0473. The van der Waals surface area contributed by atoms with Crippen molar-refractivity contribution in [2.75, 3.05) is 13.2 Å². The highest BCUT2D eigenvalue weighted by Gasteiger charge is 2.39. The van der Waals surface area contributed by atoms with Crippen molar-refractivity contribution in [3.63, 3.8) is 0 Å². The van der Waals surface area contributed by atoms with Crippen molar-refractivity contribution in [1.82, 2.24) is 5.32 Å². The van der Waals surface area contributed by atoms with Crippen molar-refractivity contribution >= 4 is 20.4 Å². The minimum atomic E-state index is -2.15. The van der Waals surface area contributed by atoms with Gasteiger partial charge < -0.3 is 24.3 Å². The molecule has 2 atom stereocenters. The van der Waals surface area contributed by atoms with Gasteiger partial charge in [-0.1, -0.05) is 39.0 Å². The largest absolute Gasteiger partial charge is 0.454 e. The van der Waals surface area contributed by atoms with Crippen LogP contribution in [0.3, 0.4) is 0 Å². The molecule has 170 valence electrons. The molecule has 0 aliphatic rings. The van der Waals surface area contributed by atoms with Gasteiger partial charge in [0.2, 0.25) is 0 Å². The summed E-state index contributed by atoms with van der Waals surface area (Å²) in [6.45, 7) is 15.3. The molecule has 1 amide bonds. The van der Waals surface area contributed by atoms with Crippen molar-refractivity contribution in [2.45, 2.75) is 77.4 Å². The SMILES string of the molecule is CC(C)(C)OC(=O)N[C@@H](CO)[C@H](CO[Si](C)(C)C(C)(C)C)OC(=O)c1ccccc1. The van der Waals surface area contributed by atoms with Crippen molar-refractivity contribution in [3.05, 3.63) is 35.9 Å². The Morgan fingerprint density at radius 3 is 2.10 bits per heavy atom. The van der Waals surface area contributed by atoms with Gasteiger partial charge in [0.15, 0.2) is 8.32 Å². The van der Waals surface area contributed by atoms with Gasteiger partial charge in [-0.15, -0.1) is 0 Å². The highest BCUT2D eigenvalue weighted by atomic mass is 28.4. The van der Waals surface area contributed by atoms with Crippen molar-refractivity contribution in [3.8, 4) is 0 Å². The Morgan fingerprint density at radius 2 is 1.63 bits per heavy atom. The fourth-order valence-electron chi connectivity index (χ4n) is 2.23. The van der Waals surface area contributed by atoms with Gasteiger partial charge in [0, 0.05) is 0 Å². The first-order valence-corrected chi connectivity index (χ1v) is 13.1. The maximum absolute atomic E-state index is 12.6. The van der Waals surface area contributed by atoms with E-state index in [1.54, 1.807) is 51.1 Å². The van der Waals surface area contributed by atoms with Crippen LogP contribution in [0.2, 0.25) is 18.1 Å². The molecule has 0 aliphatic heterocycles. The zero-order valence-electron chi connectivity index (χ0n) is 19.4. The third kappa shape index (κ3) is 8.45. The van der Waals surface area contributed by atoms with Gasteiger partial charge in [-0.2, -0.15) is 0 Å². The molecule has 0 unspecified atom stereocenters. The summed E-state index contributed by atoms with van der Waals surface area (Å²) in [5, 5.41) is 12.5.